The van der Waals surface area contributed by atoms with Gasteiger partial charge in [0.2, 0.25) is 0 Å². The van der Waals surface area contributed by atoms with Crippen LogP contribution < -0.4 is 0 Å². The first-order chi connectivity index (χ1) is 28.3. The summed E-state index contributed by atoms with van der Waals surface area (Å²) in [6.07, 6.45) is 8.29. The van der Waals surface area contributed by atoms with Gasteiger partial charge < -0.3 is 4.42 Å². The average Bonchev–Trinajstić information content (AvgIpc) is 3.75. The van der Waals surface area contributed by atoms with Gasteiger partial charge in [-0.25, -0.2) is 15.0 Å². The van der Waals surface area contributed by atoms with Gasteiger partial charge in [-0.2, -0.15) is 5.26 Å². The number of hydrogen-bond acceptors (Lipinski definition) is 5. The first-order valence-corrected chi connectivity index (χ1v) is 20.9. The average molecular weight is 751 g/mol. The predicted molar refractivity (Wildman–Crippen MR) is 231 cm³/mol. The Bertz CT molecular complexity index is 2990. The van der Waals surface area contributed by atoms with Gasteiger partial charge in [-0.3, -0.25) is 0 Å². The molecule has 0 N–H and O–H groups in total. The van der Waals surface area contributed by atoms with Crippen LogP contribution in [0.15, 0.2) is 132 Å². The van der Waals surface area contributed by atoms with Crippen molar-refractivity contribution in [2.75, 3.05) is 0 Å². The Morgan fingerprint density at radius 3 is 1.97 bits per heavy atom. The van der Waals surface area contributed by atoms with Crippen LogP contribution in [0.5, 0.6) is 0 Å². The van der Waals surface area contributed by atoms with E-state index in [1.165, 1.54) is 49.7 Å². The van der Waals surface area contributed by atoms with E-state index in [0.29, 0.717) is 28.5 Å². The van der Waals surface area contributed by atoms with Crippen molar-refractivity contribution in [2.24, 2.45) is 17.8 Å². The van der Waals surface area contributed by atoms with Crippen LogP contribution >= 0.6 is 0 Å². The smallest absolute Gasteiger partial charge is 0.167 e. The molecule has 8 aromatic rings. The molecule has 5 heteroatoms. The zero-order valence-corrected chi connectivity index (χ0v) is 32.8. The van der Waals surface area contributed by atoms with Crippen LogP contribution in [0.4, 0.5) is 0 Å². The molecule has 0 unspecified atom stereocenters. The lowest BCUT2D eigenvalue weighted by molar-refractivity contribution is -0.00518. The molecule has 0 atom stereocenters. The van der Waals surface area contributed by atoms with E-state index < -0.39 is 0 Å². The first-order valence-electron chi connectivity index (χ1n) is 20.9. The highest BCUT2D eigenvalue weighted by Gasteiger charge is 2.51. The summed E-state index contributed by atoms with van der Waals surface area (Å²) in [5.41, 5.74) is 13.1. The van der Waals surface area contributed by atoms with E-state index in [9.17, 15) is 5.26 Å². The Kier molecular flexibility index (Phi) is 7.16. The fourth-order valence-electron chi connectivity index (χ4n) is 12.2. The van der Waals surface area contributed by atoms with Crippen LogP contribution in [0.1, 0.15) is 74.6 Å². The quantitative estimate of drug-likeness (QED) is 0.175. The van der Waals surface area contributed by atoms with Crippen LogP contribution in [0, 0.1) is 29.1 Å². The molecule has 0 aliphatic heterocycles. The third-order valence-electron chi connectivity index (χ3n) is 14.3. The first kappa shape index (κ1) is 33.7. The lowest BCUT2D eigenvalue weighted by Crippen LogP contribution is -2.48. The summed E-state index contributed by atoms with van der Waals surface area (Å²) in [5.74, 6) is 4.47. The summed E-state index contributed by atoms with van der Waals surface area (Å²) < 4.78 is 6.69. The Balaban J connectivity index is 1.04. The van der Waals surface area contributed by atoms with Crippen molar-refractivity contribution < 1.29 is 4.42 Å². The standard InChI is InChI=1S/C53H42N4O/c1-52(2)44-16-8-14-41(46(44)40-13-6-11-37(30-54)47(40)52)50-55-49(35-17-20-38(21-18-35)53-27-31-23-32(28-53)25-33(24-31)29-53)56-51(57-50)42-15-7-12-39-43-26-36(34-9-4-3-5-10-34)19-22-45(43)58-48(39)42/h3-22,26,31-33H,23-25,27-29H2,1-2H3/t31-,32+,33?,53?. The van der Waals surface area contributed by atoms with E-state index >= 15 is 0 Å². The maximum absolute atomic E-state index is 10.2. The lowest BCUT2D eigenvalue weighted by atomic mass is 9.48. The molecule has 5 aliphatic carbocycles. The van der Waals surface area contributed by atoms with Gasteiger partial charge >= 0.3 is 0 Å². The molecule has 2 heterocycles. The molecule has 280 valence electrons. The Morgan fingerprint density at radius 2 is 1.22 bits per heavy atom. The third-order valence-corrected chi connectivity index (χ3v) is 14.3. The van der Waals surface area contributed by atoms with Gasteiger partial charge in [0.1, 0.15) is 11.2 Å². The summed E-state index contributed by atoms with van der Waals surface area (Å²) in [4.78, 5) is 15.9. The number of para-hydroxylation sites is 1. The molecule has 4 saturated carbocycles. The second-order valence-corrected chi connectivity index (χ2v) is 18.1. The zero-order valence-electron chi connectivity index (χ0n) is 32.8. The number of aromatic nitrogens is 3. The normalized spacial score (nSPS) is 22.3. The van der Waals surface area contributed by atoms with E-state index in [-0.39, 0.29) is 5.41 Å². The van der Waals surface area contributed by atoms with Crippen LogP contribution in [-0.4, -0.2) is 15.0 Å². The van der Waals surface area contributed by atoms with Gasteiger partial charge in [-0.15, -0.1) is 0 Å². The van der Waals surface area contributed by atoms with Crippen molar-refractivity contribution in [2.45, 2.75) is 63.2 Å². The number of nitrogens with zero attached hydrogens (tertiary/aromatic N) is 4. The summed E-state index contributed by atoms with van der Waals surface area (Å²) in [5, 5.41) is 12.3. The van der Waals surface area contributed by atoms with Crippen LogP contribution in [0.25, 0.3) is 78.4 Å². The molecule has 13 rings (SSSR count). The maximum atomic E-state index is 10.2. The minimum atomic E-state index is -0.364. The molecular formula is C53H42N4O. The number of fused-ring (bicyclic) bond motifs is 6. The number of benzene rings is 6. The van der Waals surface area contributed by atoms with Gasteiger partial charge in [0.15, 0.2) is 17.5 Å². The fraction of sp³-hybridized carbons (Fsp3) is 0.245. The molecule has 0 spiro atoms. The Morgan fingerprint density at radius 1 is 0.586 bits per heavy atom. The summed E-state index contributed by atoms with van der Waals surface area (Å²) >= 11 is 0. The van der Waals surface area contributed by atoms with E-state index in [0.717, 1.165) is 84.2 Å². The molecule has 6 aromatic carbocycles. The monoisotopic (exact) mass is 750 g/mol. The second kappa shape index (κ2) is 12.3. The Labute approximate surface area is 338 Å². The number of rotatable bonds is 5. The van der Waals surface area contributed by atoms with Crippen molar-refractivity contribution in [3.63, 3.8) is 0 Å². The van der Waals surface area contributed by atoms with Crippen molar-refractivity contribution in [1.29, 1.82) is 5.26 Å². The van der Waals surface area contributed by atoms with Gasteiger partial charge in [-0.1, -0.05) is 117 Å². The topological polar surface area (TPSA) is 75.6 Å². The van der Waals surface area contributed by atoms with Crippen molar-refractivity contribution in [3.05, 3.63) is 150 Å². The molecule has 4 fully saturated rings. The number of hydrogen-bond donors (Lipinski definition) is 0. The van der Waals surface area contributed by atoms with Crippen LogP contribution in [0.3, 0.4) is 0 Å². The number of furan rings is 1. The van der Waals surface area contributed by atoms with Crippen LogP contribution in [0.2, 0.25) is 0 Å². The molecular weight excluding hydrogens is 709 g/mol. The maximum Gasteiger partial charge on any atom is 0.167 e. The minimum absolute atomic E-state index is 0.313. The highest BCUT2D eigenvalue weighted by molar-refractivity contribution is 6.10. The SMILES string of the molecule is CC1(C)c2cccc(-c3nc(-c4ccc(C56CC7C[C@H](C5)C[C@@H](C7)C6)cc4)nc(-c4cccc5c4oc4ccc(-c6ccccc6)cc45)n3)c2-c2cccc(C#N)c21. The van der Waals surface area contributed by atoms with E-state index in [4.69, 9.17) is 19.4 Å². The number of nitriles is 1. The minimum Gasteiger partial charge on any atom is -0.455 e. The Hall–Kier alpha value is -6.38. The molecule has 5 nitrogen and oxygen atoms in total. The van der Waals surface area contributed by atoms with Crippen molar-refractivity contribution in [1.82, 2.24) is 15.0 Å². The predicted octanol–water partition coefficient (Wildman–Crippen LogP) is 13.1. The molecule has 5 aliphatic rings. The molecule has 4 bridgehead atoms. The summed E-state index contributed by atoms with van der Waals surface area (Å²) in [7, 11) is 0. The largest absolute Gasteiger partial charge is 0.455 e. The highest BCUT2D eigenvalue weighted by Crippen LogP contribution is 2.61. The zero-order chi connectivity index (χ0) is 38.8. The van der Waals surface area contributed by atoms with Gasteiger partial charge in [0.25, 0.3) is 0 Å². The molecule has 58 heavy (non-hydrogen) atoms. The molecule has 0 amide bonds. The molecule has 0 saturated heterocycles. The summed E-state index contributed by atoms with van der Waals surface area (Å²) in [6.45, 7) is 4.42. The lowest BCUT2D eigenvalue weighted by Gasteiger charge is -2.57. The molecule has 0 radical (unpaired) electrons. The van der Waals surface area contributed by atoms with E-state index in [2.05, 4.69) is 129 Å². The molecule has 2 aromatic heterocycles. The summed E-state index contributed by atoms with van der Waals surface area (Å²) in [6, 6.07) is 47.3. The van der Waals surface area contributed by atoms with Gasteiger partial charge in [0.05, 0.1) is 17.2 Å². The third kappa shape index (κ3) is 4.97. The fourth-order valence-corrected chi connectivity index (χ4v) is 12.2. The van der Waals surface area contributed by atoms with E-state index in [1.54, 1.807) is 0 Å². The second-order valence-electron chi connectivity index (χ2n) is 18.1. The van der Waals surface area contributed by atoms with Crippen molar-refractivity contribution in [3.8, 4) is 62.5 Å². The van der Waals surface area contributed by atoms with Crippen LogP contribution in [-0.2, 0) is 10.8 Å². The van der Waals surface area contributed by atoms with Gasteiger partial charge in [0, 0.05) is 27.3 Å². The van der Waals surface area contributed by atoms with Gasteiger partial charge in [-0.05, 0) is 125 Å². The van der Waals surface area contributed by atoms with Crippen molar-refractivity contribution >= 4 is 21.9 Å². The van der Waals surface area contributed by atoms with E-state index in [1.807, 2.05) is 18.2 Å². The highest BCUT2D eigenvalue weighted by atomic mass is 16.3.